The summed E-state index contributed by atoms with van der Waals surface area (Å²) in [5.74, 6) is 0.494. The van der Waals surface area contributed by atoms with Crippen molar-refractivity contribution in [2.24, 2.45) is 0 Å². The third-order valence-corrected chi connectivity index (χ3v) is 3.32. The fraction of sp³-hybridized carbons (Fsp3) is 0.0769. The molecule has 1 aromatic carbocycles. The number of benzene rings is 1. The molecule has 0 bridgehead atoms. The molecule has 0 amide bonds. The Bertz CT molecular complexity index is 791. The lowest BCUT2D eigenvalue weighted by Crippen LogP contribution is -1.99. The van der Waals surface area contributed by atoms with Gasteiger partial charge in [-0.1, -0.05) is 17.7 Å². The Kier molecular flexibility index (Phi) is 3.38. The third kappa shape index (κ3) is 2.50. The topological polar surface area (TPSA) is 63.6 Å². The average molecular weight is 306 g/mol. The second kappa shape index (κ2) is 5.19. The van der Waals surface area contributed by atoms with Crippen molar-refractivity contribution in [1.29, 1.82) is 0 Å². The Morgan fingerprint density at radius 2 is 1.85 bits per heavy atom. The maximum Gasteiger partial charge on any atom is 0.226 e. The van der Waals surface area contributed by atoms with E-state index in [1.165, 1.54) is 0 Å². The molecule has 100 valence electrons. The number of aryl methyl sites for hydroxylation is 1. The molecular weight excluding hydrogens is 297 g/mol. The van der Waals surface area contributed by atoms with Crippen molar-refractivity contribution in [2.45, 2.75) is 6.92 Å². The average Bonchev–Trinajstić information content (AvgIpc) is 2.43. The Hall–Kier alpha value is -1.98. The van der Waals surface area contributed by atoms with Gasteiger partial charge in [0.1, 0.15) is 0 Å². The summed E-state index contributed by atoms with van der Waals surface area (Å²) in [6.45, 7) is 1.94. The molecule has 0 saturated carbocycles. The lowest BCUT2D eigenvalue weighted by Gasteiger charge is -2.09. The van der Waals surface area contributed by atoms with Crippen LogP contribution in [0.25, 0.3) is 11.2 Å². The van der Waals surface area contributed by atoms with E-state index in [0.717, 1.165) is 11.3 Å². The summed E-state index contributed by atoms with van der Waals surface area (Å²) in [7, 11) is 0. The summed E-state index contributed by atoms with van der Waals surface area (Å²) < 4.78 is 0. The van der Waals surface area contributed by atoms with E-state index in [2.05, 4.69) is 25.3 Å². The highest BCUT2D eigenvalue weighted by atomic mass is 35.5. The molecule has 3 aromatic rings. The number of halogens is 2. The summed E-state index contributed by atoms with van der Waals surface area (Å²) in [6, 6.07) is 5.63. The molecule has 1 N–H and O–H groups in total. The van der Waals surface area contributed by atoms with Crippen molar-refractivity contribution in [3.8, 4) is 0 Å². The van der Waals surface area contributed by atoms with Crippen LogP contribution >= 0.6 is 23.2 Å². The van der Waals surface area contributed by atoms with Gasteiger partial charge in [-0.2, -0.15) is 9.97 Å². The Morgan fingerprint density at radius 3 is 2.65 bits per heavy atom. The summed E-state index contributed by atoms with van der Waals surface area (Å²) in [6.07, 6.45) is 3.13. The molecule has 0 fully saturated rings. The molecule has 5 nitrogen and oxygen atoms in total. The molecule has 0 saturated heterocycles. The van der Waals surface area contributed by atoms with Crippen LogP contribution in [0.5, 0.6) is 0 Å². The molecule has 7 heteroatoms. The molecule has 2 heterocycles. The molecule has 0 spiro atoms. The zero-order chi connectivity index (χ0) is 14.1. The van der Waals surface area contributed by atoms with E-state index in [4.69, 9.17) is 23.2 Å². The predicted molar refractivity (Wildman–Crippen MR) is 79.6 cm³/mol. The number of nitrogens with zero attached hydrogens (tertiary/aromatic N) is 4. The zero-order valence-corrected chi connectivity index (χ0v) is 11.9. The molecular formula is C13H9Cl2N5. The second-order valence-electron chi connectivity index (χ2n) is 4.16. The summed E-state index contributed by atoms with van der Waals surface area (Å²) in [4.78, 5) is 16.5. The minimum Gasteiger partial charge on any atom is -0.338 e. The molecule has 0 unspecified atom stereocenters. The normalized spacial score (nSPS) is 10.8. The van der Waals surface area contributed by atoms with E-state index in [9.17, 15) is 0 Å². The third-order valence-electron chi connectivity index (χ3n) is 2.74. The Morgan fingerprint density at radius 1 is 1.05 bits per heavy atom. The zero-order valence-electron chi connectivity index (χ0n) is 10.4. The molecule has 0 aliphatic heterocycles. The van der Waals surface area contributed by atoms with Gasteiger partial charge in [0.25, 0.3) is 0 Å². The highest BCUT2D eigenvalue weighted by Gasteiger charge is 2.09. The minimum absolute atomic E-state index is 0.110. The fourth-order valence-electron chi connectivity index (χ4n) is 1.73. The largest absolute Gasteiger partial charge is 0.338 e. The van der Waals surface area contributed by atoms with Crippen LogP contribution in [0.4, 0.5) is 11.5 Å². The van der Waals surface area contributed by atoms with Crippen molar-refractivity contribution in [3.63, 3.8) is 0 Å². The minimum atomic E-state index is 0.110. The standard InChI is InChI=1S/C13H9Cl2N5/c1-7-2-3-8(6-9(7)14)18-12-10-11(17-5-4-16-10)19-13(15)20-12/h2-6H,1H3,(H,17,18,19,20). The van der Waals surface area contributed by atoms with Crippen LogP contribution in [-0.4, -0.2) is 19.9 Å². The SMILES string of the molecule is Cc1ccc(Nc2nc(Cl)nc3nccnc23)cc1Cl. The first kappa shape index (κ1) is 13.0. The van der Waals surface area contributed by atoms with Crippen LogP contribution in [-0.2, 0) is 0 Å². The smallest absolute Gasteiger partial charge is 0.226 e. The summed E-state index contributed by atoms with van der Waals surface area (Å²) in [5, 5.41) is 3.92. The van der Waals surface area contributed by atoms with Gasteiger partial charge in [0, 0.05) is 23.1 Å². The Balaban J connectivity index is 2.07. The molecule has 3 rings (SSSR count). The van der Waals surface area contributed by atoms with Gasteiger partial charge in [0.05, 0.1) is 0 Å². The van der Waals surface area contributed by atoms with Gasteiger partial charge in [0.15, 0.2) is 17.0 Å². The number of nitrogens with one attached hydrogen (secondary N) is 1. The number of aromatic nitrogens is 4. The number of anilines is 2. The van der Waals surface area contributed by atoms with Gasteiger partial charge in [-0.05, 0) is 36.2 Å². The van der Waals surface area contributed by atoms with E-state index >= 15 is 0 Å². The molecule has 2 aromatic heterocycles. The van der Waals surface area contributed by atoms with Gasteiger partial charge >= 0.3 is 0 Å². The maximum atomic E-state index is 6.10. The van der Waals surface area contributed by atoms with Crippen molar-refractivity contribution in [3.05, 3.63) is 46.5 Å². The number of hydrogen-bond acceptors (Lipinski definition) is 5. The first-order chi connectivity index (χ1) is 9.63. The quantitative estimate of drug-likeness (QED) is 0.730. The van der Waals surface area contributed by atoms with Crippen LogP contribution < -0.4 is 5.32 Å². The van der Waals surface area contributed by atoms with E-state index in [1.807, 2.05) is 25.1 Å². The van der Waals surface area contributed by atoms with Gasteiger partial charge in [-0.25, -0.2) is 9.97 Å². The van der Waals surface area contributed by atoms with Gasteiger partial charge in [-0.3, -0.25) is 0 Å². The van der Waals surface area contributed by atoms with E-state index < -0.39 is 0 Å². The van der Waals surface area contributed by atoms with E-state index in [-0.39, 0.29) is 5.28 Å². The van der Waals surface area contributed by atoms with Crippen molar-refractivity contribution < 1.29 is 0 Å². The molecule has 20 heavy (non-hydrogen) atoms. The van der Waals surface area contributed by atoms with Crippen LogP contribution in [0.3, 0.4) is 0 Å². The number of fused-ring (bicyclic) bond motifs is 1. The number of rotatable bonds is 2. The van der Waals surface area contributed by atoms with E-state index in [0.29, 0.717) is 22.0 Å². The van der Waals surface area contributed by atoms with Crippen LogP contribution in [0.1, 0.15) is 5.56 Å². The van der Waals surface area contributed by atoms with E-state index in [1.54, 1.807) is 12.4 Å². The molecule has 0 radical (unpaired) electrons. The van der Waals surface area contributed by atoms with Gasteiger partial charge in [0.2, 0.25) is 5.28 Å². The van der Waals surface area contributed by atoms with Gasteiger partial charge < -0.3 is 5.32 Å². The molecule has 0 aliphatic rings. The van der Waals surface area contributed by atoms with Gasteiger partial charge in [-0.15, -0.1) is 0 Å². The van der Waals surface area contributed by atoms with Crippen LogP contribution in [0.2, 0.25) is 10.3 Å². The van der Waals surface area contributed by atoms with Crippen molar-refractivity contribution in [2.75, 3.05) is 5.32 Å². The summed E-state index contributed by atoms with van der Waals surface area (Å²) in [5.41, 5.74) is 2.78. The predicted octanol–water partition coefficient (Wildman–Crippen LogP) is 3.78. The first-order valence-electron chi connectivity index (χ1n) is 5.81. The van der Waals surface area contributed by atoms with Crippen LogP contribution in [0, 0.1) is 6.92 Å². The molecule has 0 aliphatic carbocycles. The second-order valence-corrected chi connectivity index (χ2v) is 4.90. The fourth-order valence-corrected chi connectivity index (χ4v) is 2.08. The maximum absolute atomic E-state index is 6.10. The number of hydrogen-bond donors (Lipinski definition) is 1. The van der Waals surface area contributed by atoms with Crippen molar-refractivity contribution >= 4 is 45.9 Å². The highest BCUT2D eigenvalue weighted by Crippen LogP contribution is 2.25. The monoisotopic (exact) mass is 305 g/mol. The Labute approximate surface area is 125 Å². The lowest BCUT2D eigenvalue weighted by atomic mass is 10.2. The highest BCUT2D eigenvalue weighted by molar-refractivity contribution is 6.31. The van der Waals surface area contributed by atoms with Crippen molar-refractivity contribution in [1.82, 2.24) is 19.9 Å². The van der Waals surface area contributed by atoms with Crippen LogP contribution in [0.15, 0.2) is 30.6 Å². The molecule has 0 atom stereocenters. The summed E-state index contributed by atoms with van der Waals surface area (Å²) >= 11 is 12.0. The first-order valence-corrected chi connectivity index (χ1v) is 6.56. The lowest BCUT2D eigenvalue weighted by molar-refractivity contribution is 1.15.